The predicted octanol–water partition coefficient (Wildman–Crippen LogP) is 13.9. The fourth-order valence-electron chi connectivity index (χ4n) is 7.23. The molecule has 0 atom stereocenters. The first-order chi connectivity index (χ1) is 26.0. The minimum Gasteiger partial charge on any atom is -0.354 e. The summed E-state index contributed by atoms with van der Waals surface area (Å²) in [5, 5.41) is 12.7. The van der Waals surface area contributed by atoms with Crippen molar-refractivity contribution in [2.45, 2.75) is 105 Å². The number of aromatic nitrogens is 4. The second-order valence-corrected chi connectivity index (χ2v) is 20.1. The lowest BCUT2D eigenvalue weighted by Gasteiger charge is -2.26. The van der Waals surface area contributed by atoms with E-state index >= 15 is 0 Å². The highest BCUT2D eigenvalue weighted by molar-refractivity contribution is 9.10. The van der Waals surface area contributed by atoms with Crippen molar-refractivity contribution < 1.29 is 4.92 Å². The van der Waals surface area contributed by atoms with Crippen LogP contribution >= 0.6 is 15.9 Å². The second-order valence-electron chi connectivity index (χ2n) is 19.3. The SMILES string of the molecule is CC(C)(C)c1cc(-c2c3nc(c([N+](=O)[O-])c4nc(c(Br)c5ccc([nH]5)c(-c5cc(C(C)(C)C)cc(C(C)(C)C)c5)c5ccc2[nH]5)C=C4)C=C3)cc(C(C)(C)C)c1. The van der Waals surface area contributed by atoms with E-state index in [9.17, 15) is 10.1 Å². The Labute approximate surface area is 338 Å². The number of nitrogens with one attached hydrogen (secondary N) is 2. The highest BCUT2D eigenvalue weighted by Gasteiger charge is 2.27. The highest BCUT2D eigenvalue weighted by atomic mass is 79.9. The van der Waals surface area contributed by atoms with E-state index in [4.69, 9.17) is 9.97 Å². The van der Waals surface area contributed by atoms with Crippen LogP contribution in [-0.2, 0) is 21.7 Å². The largest absolute Gasteiger partial charge is 0.354 e. The Morgan fingerprint density at radius 3 is 1.27 bits per heavy atom. The number of benzene rings is 2. The maximum atomic E-state index is 12.7. The van der Waals surface area contributed by atoms with E-state index in [2.05, 4.69) is 164 Å². The van der Waals surface area contributed by atoms with E-state index in [1.165, 1.54) is 22.3 Å². The molecule has 0 fully saturated rings. The molecule has 8 bridgehead atoms. The van der Waals surface area contributed by atoms with E-state index in [0.29, 0.717) is 15.9 Å². The molecule has 56 heavy (non-hydrogen) atoms. The molecule has 7 rings (SSSR count). The number of hydrogen-bond acceptors (Lipinski definition) is 4. The summed E-state index contributed by atoms with van der Waals surface area (Å²) in [7, 11) is 0. The van der Waals surface area contributed by atoms with Crippen LogP contribution in [0, 0.1) is 10.1 Å². The molecule has 0 aliphatic carbocycles. The lowest BCUT2D eigenvalue weighted by molar-refractivity contribution is -0.385. The molecule has 0 spiro atoms. The topological polar surface area (TPSA) is 100 Å². The van der Waals surface area contributed by atoms with Gasteiger partial charge in [-0.1, -0.05) is 119 Å². The number of nitro groups is 1. The monoisotopic (exact) mass is 809 g/mol. The molecule has 7 nitrogen and oxygen atoms in total. The van der Waals surface area contributed by atoms with Crippen molar-refractivity contribution in [1.29, 1.82) is 0 Å². The van der Waals surface area contributed by atoms with Crippen LogP contribution in [0.4, 0.5) is 5.69 Å². The van der Waals surface area contributed by atoms with Gasteiger partial charge in [-0.3, -0.25) is 10.1 Å². The van der Waals surface area contributed by atoms with Crippen molar-refractivity contribution in [1.82, 2.24) is 19.9 Å². The van der Waals surface area contributed by atoms with Crippen LogP contribution in [0.15, 0.2) is 65.1 Å². The summed E-state index contributed by atoms with van der Waals surface area (Å²) in [5.74, 6) is 0. The van der Waals surface area contributed by atoms with Gasteiger partial charge < -0.3 is 9.97 Å². The lowest BCUT2D eigenvalue weighted by atomic mass is 9.79. The third-order valence-corrected chi connectivity index (χ3v) is 11.6. The van der Waals surface area contributed by atoms with Crippen LogP contribution in [0.5, 0.6) is 0 Å². The zero-order valence-corrected chi connectivity index (χ0v) is 36.2. The summed E-state index contributed by atoms with van der Waals surface area (Å²) < 4.78 is 0.704. The number of rotatable bonds is 3. The van der Waals surface area contributed by atoms with Crippen molar-refractivity contribution >= 4 is 68.0 Å². The number of halogens is 1. The maximum absolute atomic E-state index is 12.7. The van der Waals surface area contributed by atoms with Gasteiger partial charge in [0.15, 0.2) is 0 Å². The molecule has 288 valence electrons. The molecular weight excluding hydrogens is 758 g/mol. The molecule has 5 heterocycles. The highest BCUT2D eigenvalue weighted by Crippen LogP contribution is 2.41. The molecule has 5 aromatic rings. The first kappa shape index (κ1) is 39.2. The van der Waals surface area contributed by atoms with Gasteiger partial charge in [0.25, 0.3) is 0 Å². The quantitative estimate of drug-likeness (QED) is 0.137. The Balaban J connectivity index is 1.71. The van der Waals surface area contributed by atoms with Gasteiger partial charge in [-0.2, -0.15) is 0 Å². The van der Waals surface area contributed by atoms with Crippen molar-refractivity contribution in [3.8, 4) is 22.3 Å². The van der Waals surface area contributed by atoms with Crippen molar-refractivity contribution in [3.05, 3.63) is 120 Å². The van der Waals surface area contributed by atoms with Crippen molar-refractivity contribution in [2.75, 3.05) is 0 Å². The molecule has 0 radical (unpaired) electrons. The zero-order chi connectivity index (χ0) is 40.7. The minimum atomic E-state index is -0.384. The Morgan fingerprint density at radius 2 is 0.839 bits per heavy atom. The fraction of sp³-hybridized carbons (Fsp3) is 0.333. The van der Waals surface area contributed by atoms with Crippen molar-refractivity contribution in [2.24, 2.45) is 0 Å². The molecule has 3 aromatic heterocycles. The van der Waals surface area contributed by atoms with Gasteiger partial charge >= 0.3 is 5.69 Å². The maximum Gasteiger partial charge on any atom is 0.320 e. The van der Waals surface area contributed by atoms with E-state index in [-0.39, 0.29) is 43.7 Å². The van der Waals surface area contributed by atoms with E-state index in [1.54, 1.807) is 18.2 Å². The molecule has 0 saturated carbocycles. The standard InChI is InChI=1S/C48H52BrN5O2/c1-45(2,3)29-21-27(22-30(25-29)46(4,5)6)41-33-13-14-34(50-33)42(28-23-31(47(7,8)9)26-32(24-28)48(10,11)12)36-16-19-39(52-36)44(54(55)56)40-20-18-38(53-40)43(49)37-17-15-35(41)51-37/h13-26,50-51H,1-12H3. The third kappa shape index (κ3) is 7.43. The Morgan fingerprint density at radius 1 is 0.500 bits per heavy atom. The van der Waals surface area contributed by atoms with Crippen LogP contribution in [0.1, 0.15) is 128 Å². The van der Waals surface area contributed by atoms with Gasteiger partial charge in [-0.05, 0) is 120 Å². The molecule has 0 saturated heterocycles. The van der Waals surface area contributed by atoms with Crippen molar-refractivity contribution in [3.63, 3.8) is 0 Å². The van der Waals surface area contributed by atoms with Crippen LogP contribution in [0.2, 0.25) is 0 Å². The molecule has 0 unspecified atom stereocenters. The lowest BCUT2D eigenvalue weighted by Crippen LogP contribution is -2.16. The van der Waals surface area contributed by atoms with Gasteiger partial charge in [-0.25, -0.2) is 9.97 Å². The van der Waals surface area contributed by atoms with Crippen LogP contribution < -0.4 is 0 Å². The van der Waals surface area contributed by atoms with Gasteiger partial charge in [0, 0.05) is 27.7 Å². The normalized spacial score (nSPS) is 13.4. The first-order valence-corrected chi connectivity index (χ1v) is 20.1. The molecule has 0 amide bonds. The van der Waals surface area contributed by atoms with E-state index in [1.807, 2.05) is 12.1 Å². The summed E-state index contributed by atoms with van der Waals surface area (Å²) in [6, 6.07) is 22.2. The zero-order valence-electron chi connectivity index (χ0n) is 34.6. The van der Waals surface area contributed by atoms with E-state index < -0.39 is 0 Å². The van der Waals surface area contributed by atoms with Gasteiger partial charge in [0.05, 0.1) is 26.3 Å². The van der Waals surface area contributed by atoms with Gasteiger partial charge in [0.2, 0.25) is 0 Å². The Bertz CT molecular complexity index is 2600. The molecule has 8 heteroatoms. The van der Waals surface area contributed by atoms with Gasteiger partial charge in [0.1, 0.15) is 11.4 Å². The average molecular weight is 811 g/mol. The number of aromatic amines is 2. The first-order valence-electron chi connectivity index (χ1n) is 19.3. The molecular formula is C48H52BrN5O2. The molecule has 2 N–H and O–H groups in total. The van der Waals surface area contributed by atoms with E-state index in [0.717, 1.165) is 44.3 Å². The number of fused-ring (bicyclic) bond motifs is 8. The average Bonchev–Trinajstić information content (AvgIpc) is 3.92. The minimum absolute atomic E-state index is 0.0841. The summed E-state index contributed by atoms with van der Waals surface area (Å²) in [6.07, 6.45) is 7.13. The fourth-order valence-corrected chi connectivity index (χ4v) is 7.69. The summed E-state index contributed by atoms with van der Waals surface area (Å²) in [6.45, 7) is 26.9. The third-order valence-electron chi connectivity index (χ3n) is 10.8. The van der Waals surface area contributed by atoms with Gasteiger partial charge in [-0.15, -0.1) is 0 Å². The number of nitrogens with zero attached hydrogens (tertiary/aromatic N) is 3. The van der Waals surface area contributed by atoms with Crippen LogP contribution in [-0.4, -0.2) is 24.9 Å². The van der Waals surface area contributed by atoms with Crippen LogP contribution in [0.3, 0.4) is 0 Å². The summed E-state index contributed by atoms with van der Waals surface area (Å²) in [4.78, 5) is 29.7. The predicted molar refractivity (Wildman–Crippen MR) is 239 cm³/mol. The number of H-pyrrole nitrogens is 2. The Kier molecular flexibility index (Phi) is 9.47. The molecule has 2 aliphatic heterocycles. The molecule has 2 aromatic carbocycles. The summed E-state index contributed by atoms with van der Waals surface area (Å²) in [5.41, 5.74) is 13.6. The molecule has 2 aliphatic rings. The smallest absolute Gasteiger partial charge is 0.320 e. The second kappa shape index (κ2) is 13.5. The van der Waals surface area contributed by atoms with Crippen LogP contribution in [0.25, 0.3) is 68.6 Å². The Hall–Kier alpha value is -5.08. The number of hydrogen-bond donors (Lipinski definition) is 2. The summed E-state index contributed by atoms with van der Waals surface area (Å²) >= 11 is 3.79.